The van der Waals surface area contributed by atoms with E-state index < -0.39 is 15.4 Å². The molecular weight excluding hydrogens is 489 g/mol. The standard InChI is InChI=1S/C27H44N2OS2Si2/c1-7-9-25(31-23-15-11-21(28)12-16-23)27(19-20-33(3,4)34(5,6)30-27)26(10-8-2)32-24-17-13-22(29)14-18-24/h11-18,25-26H,7-10,19-20,28-29H2,1-6H3. The average molecular weight is 533 g/mol. The molecule has 1 aliphatic heterocycles. The molecule has 2 aromatic rings. The summed E-state index contributed by atoms with van der Waals surface area (Å²) >= 11 is 4.04. The van der Waals surface area contributed by atoms with Gasteiger partial charge in [-0.05, 0) is 80.9 Å². The van der Waals surface area contributed by atoms with E-state index in [2.05, 4.69) is 64.3 Å². The molecule has 7 heteroatoms. The van der Waals surface area contributed by atoms with Gasteiger partial charge in [-0.25, -0.2) is 0 Å². The Morgan fingerprint density at radius 1 is 0.794 bits per heavy atom. The lowest BCUT2D eigenvalue weighted by Crippen LogP contribution is -2.70. The van der Waals surface area contributed by atoms with Crippen molar-refractivity contribution in [1.29, 1.82) is 0 Å². The summed E-state index contributed by atoms with van der Waals surface area (Å²) in [4.78, 5) is 2.59. The van der Waals surface area contributed by atoms with Crippen molar-refractivity contribution in [3.8, 4) is 0 Å². The molecule has 34 heavy (non-hydrogen) atoms. The Morgan fingerprint density at radius 2 is 1.21 bits per heavy atom. The molecule has 0 saturated carbocycles. The zero-order valence-electron chi connectivity index (χ0n) is 21.9. The van der Waals surface area contributed by atoms with Gasteiger partial charge in [0.2, 0.25) is 0 Å². The second kappa shape index (κ2) is 11.5. The maximum atomic E-state index is 7.61. The van der Waals surface area contributed by atoms with E-state index in [9.17, 15) is 0 Å². The van der Waals surface area contributed by atoms with Crippen molar-refractivity contribution in [3.63, 3.8) is 0 Å². The third kappa shape index (κ3) is 6.27. The largest absolute Gasteiger partial charge is 0.412 e. The maximum Gasteiger partial charge on any atom is 0.174 e. The number of hydrogen-bond acceptors (Lipinski definition) is 5. The summed E-state index contributed by atoms with van der Waals surface area (Å²) in [7, 11) is -3.20. The van der Waals surface area contributed by atoms with Crippen LogP contribution in [0.1, 0.15) is 46.0 Å². The van der Waals surface area contributed by atoms with Gasteiger partial charge in [-0.3, -0.25) is 0 Å². The number of anilines is 2. The number of nitrogen functional groups attached to an aromatic ring is 2. The molecule has 1 saturated heterocycles. The minimum absolute atomic E-state index is 0.137. The molecule has 0 aliphatic carbocycles. The normalized spacial score (nSPS) is 23.4. The Hall–Kier alpha value is -0.866. The van der Waals surface area contributed by atoms with E-state index in [1.54, 1.807) is 0 Å². The predicted molar refractivity (Wildman–Crippen MR) is 159 cm³/mol. The molecule has 0 bridgehead atoms. The first-order valence-corrected chi connectivity index (χ1v) is 21.6. The summed E-state index contributed by atoms with van der Waals surface area (Å²) in [6.07, 6.45) is 5.80. The zero-order valence-corrected chi connectivity index (χ0v) is 25.5. The fourth-order valence-electron chi connectivity index (χ4n) is 4.89. The molecule has 1 aliphatic rings. The molecule has 188 valence electrons. The molecule has 4 N–H and O–H groups in total. The van der Waals surface area contributed by atoms with E-state index in [4.69, 9.17) is 15.9 Å². The molecule has 1 heterocycles. The maximum absolute atomic E-state index is 7.61. The quantitative estimate of drug-likeness (QED) is 0.183. The molecule has 0 spiro atoms. The predicted octanol–water partition coefficient (Wildman–Crippen LogP) is 8.22. The van der Waals surface area contributed by atoms with Crippen LogP contribution < -0.4 is 11.5 Å². The highest BCUT2D eigenvalue weighted by molar-refractivity contribution is 8.01. The Bertz CT molecular complexity index is 862. The first kappa shape index (κ1) is 27.7. The van der Waals surface area contributed by atoms with Crippen LogP contribution in [-0.4, -0.2) is 31.5 Å². The Balaban J connectivity index is 2.06. The van der Waals surface area contributed by atoms with Crippen molar-refractivity contribution in [2.45, 2.75) is 104 Å². The van der Waals surface area contributed by atoms with E-state index in [1.807, 2.05) is 47.8 Å². The van der Waals surface area contributed by atoms with Crippen LogP contribution in [0.4, 0.5) is 11.4 Å². The molecule has 3 nitrogen and oxygen atoms in total. The summed E-state index contributed by atoms with van der Waals surface area (Å²) in [6, 6.07) is 18.2. The third-order valence-corrected chi connectivity index (χ3v) is 27.1. The SMILES string of the molecule is CCCC(Sc1ccc(N)cc1)C1(C(CCC)Sc2ccc(N)cc2)CC[Si](C)(C)[Si](C)(C)O1. The zero-order chi connectivity index (χ0) is 25.0. The van der Waals surface area contributed by atoms with Gasteiger partial charge >= 0.3 is 0 Å². The summed E-state index contributed by atoms with van der Waals surface area (Å²) < 4.78 is 7.61. The second-order valence-electron chi connectivity index (χ2n) is 10.9. The van der Waals surface area contributed by atoms with Crippen LogP contribution in [0.2, 0.25) is 32.2 Å². The Labute approximate surface area is 218 Å². The smallest absolute Gasteiger partial charge is 0.174 e. The van der Waals surface area contributed by atoms with E-state index in [0.29, 0.717) is 10.5 Å². The summed E-state index contributed by atoms with van der Waals surface area (Å²) in [5.41, 5.74) is 13.5. The van der Waals surface area contributed by atoms with Gasteiger partial charge in [0.05, 0.1) is 13.2 Å². The number of hydrogen-bond donors (Lipinski definition) is 2. The lowest BCUT2D eigenvalue weighted by molar-refractivity contribution is 0.0431. The van der Waals surface area contributed by atoms with Gasteiger partial charge in [-0.2, -0.15) is 0 Å². The molecule has 2 unspecified atom stereocenters. The van der Waals surface area contributed by atoms with Crippen LogP contribution in [0.5, 0.6) is 0 Å². The van der Waals surface area contributed by atoms with Gasteiger partial charge in [0, 0.05) is 31.7 Å². The van der Waals surface area contributed by atoms with Gasteiger partial charge in [0.25, 0.3) is 0 Å². The molecule has 2 atom stereocenters. The molecule has 2 aromatic carbocycles. The molecule has 0 radical (unpaired) electrons. The van der Waals surface area contributed by atoms with Crippen LogP contribution >= 0.6 is 23.5 Å². The second-order valence-corrected chi connectivity index (χ2v) is 28.6. The Morgan fingerprint density at radius 3 is 1.56 bits per heavy atom. The van der Waals surface area contributed by atoms with Crippen molar-refractivity contribution >= 4 is 50.3 Å². The molecule has 0 amide bonds. The highest BCUT2D eigenvalue weighted by Crippen LogP contribution is 2.52. The van der Waals surface area contributed by atoms with Crippen molar-refractivity contribution in [2.24, 2.45) is 0 Å². The van der Waals surface area contributed by atoms with Crippen LogP contribution in [0, 0.1) is 0 Å². The molecular formula is C27H44N2OS2Si2. The van der Waals surface area contributed by atoms with Crippen molar-refractivity contribution in [3.05, 3.63) is 48.5 Å². The average Bonchev–Trinajstić information content (AvgIpc) is 2.78. The van der Waals surface area contributed by atoms with Gasteiger partial charge in [-0.15, -0.1) is 23.5 Å². The fraction of sp³-hybridized carbons (Fsp3) is 0.556. The summed E-state index contributed by atoms with van der Waals surface area (Å²) in [6.45, 7) is 14.8. The van der Waals surface area contributed by atoms with E-state index in [0.717, 1.165) is 37.1 Å². The number of rotatable bonds is 10. The first-order chi connectivity index (χ1) is 16.0. The van der Waals surface area contributed by atoms with Crippen LogP contribution in [0.15, 0.2) is 58.3 Å². The van der Waals surface area contributed by atoms with Gasteiger partial charge in [0.1, 0.15) is 0 Å². The van der Waals surface area contributed by atoms with Crippen LogP contribution in [0.3, 0.4) is 0 Å². The topological polar surface area (TPSA) is 61.3 Å². The minimum Gasteiger partial charge on any atom is -0.412 e. The monoisotopic (exact) mass is 532 g/mol. The van der Waals surface area contributed by atoms with Gasteiger partial charge in [0.15, 0.2) is 7.83 Å². The molecule has 0 aromatic heterocycles. The van der Waals surface area contributed by atoms with Crippen LogP contribution in [-0.2, 0) is 4.43 Å². The van der Waals surface area contributed by atoms with E-state index >= 15 is 0 Å². The Kier molecular flexibility index (Phi) is 9.34. The van der Waals surface area contributed by atoms with E-state index in [1.165, 1.54) is 22.3 Å². The lowest BCUT2D eigenvalue weighted by Gasteiger charge is -2.57. The lowest BCUT2D eigenvalue weighted by atomic mass is 9.87. The third-order valence-electron chi connectivity index (χ3n) is 7.72. The van der Waals surface area contributed by atoms with Crippen molar-refractivity contribution in [2.75, 3.05) is 11.5 Å². The number of thioether (sulfide) groups is 2. The van der Waals surface area contributed by atoms with Crippen molar-refractivity contribution < 1.29 is 4.43 Å². The summed E-state index contributed by atoms with van der Waals surface area (Å²) in [5.74, 6) is 0. The number of benzene rings is 2. The highest BCUT2D eigenvalue weighted by atomic mass is 32.2. The highest BCUT2D eigenvalue weighted by Gasteiger charge is 2.58. The minimum atomic E-state index is -1.82. The van der Waals surface area contributed by atoms with Crippen molar-refractivity contribution in [1.82, 2.24) is 0 Å². The summed E-state index contributed by atoms with van der Waals surface area (Å²) in [5, 5.41) is 0.826. The molecule has 1 fully saturated rings. The van der Waals surface area contributed by atoms with Crippen LogP contribution in [0.25, 0.3) is 0 Å². The van der Waals surface area contributed by atoms with Gasteiger partial charge in [-0.1, -0.05) is 45.8 Å². The number of nitrogens with two attached hydrogens (primary N) is 2. The molecule has 3 rings (SSSR count). The van der Waals surface area contributed by atoms with Gasteiger partial charge < -0.3 is 15.9 Å². The first-order valence-electron chi connectivity index (χ1n) is 12.8. The fourth-order valence-corrected chi connectivity index (χ4v) is 15.0. The van der Waals surface area contributed by atoms with E-state index in [-0.39, 0.29) is 5.60 Å².